The van der Waals surface area contributed by atoms with E-state index in [9.17, 15) is 37.9 Å². The van der Waals surface area contributed by atoms with Crippen LogP contribution in [0.2, 0.25) is 0 Å². The minimum Gasteiger partial charge on any atom is -0.462 e. The Morgan fingerprint density at radius 2 is 0.938 bits per heavy atom. The molecule has 2 unspecified atom stereocenters. The molecule has 0 amide bonds. The molecule has 0 aromatic rings. The van der Waals surface area contributed by atoms with Gasteiger partial charge in [0.25, 0.3) is 10.1 Å². The first-order valence-corrected chi connectivity index (χ1v) is 27.2. The molecule has 4 N–H and O–H groups in total. The smallest absolute Gasteiger partial charge is 0.306 e. The first-order valence-electron chi connectivity index (χ1n) is 25.5. The average molecular weight is 929 g/mol. The van der Waals surface area contributed by atoms with Crippen molar-refractivity contribution in [3.05, 3.63) is 36.5 Å². The number of hydrogen-bond acceptors (Lipinski definition) is 11. The van der Waals surface area contributed by atoms with Crippen LogP contribution >= 0.6 is 0 Å². The van der Waals surface area contributed by atoms with Gasteiger partial charge in [-0.05, 0) is 51.4 Å². The molecule has 1 fully saturated rings. The lowest BCUT2D eigenvalue weighted by atomic mass is 10.00. The summed E-state index contributed by atoms with van der Waals surface area (Å²) in [5.41, 5.74) is 0. The number of aliphatic hydroxyl groups excluding tert-OH is 3. The number of allylic oxidation sites excluding steroid dienone is 6. The lowest BCUT2D eigenvalue weighted by Crippen LogP contribution is -2.60. The highest BCUT2D eigenvalue weighted by atomic mass is 32.2. The summed E-state index contributed by atoms with van der Waals surface area (Å²) in [5.74, 6) is -2.02. The molecule has 1 rings (SSSR count). The van der Waals surface area contributed by atoms with Gasteiger partial charge in [0.2, 0.25) is 0 Å². The molecule has 0 saturated carbocycles. The molecule has 0 aromatic carbocycles. The number of aliphatic hydroxyl groups is 3. The van der Waals surface area contributed by atoms with Gasteiger partial charge in [-0.15, -0.1) is 0 Å². The van der Waals surface area contributed by atoms with Gasteiger partial charge in [-0.2, -0.15) is 8.42 Å². The fraction of sp³-hybridized carbons (Fsp3) is 0.843. The molecule has 6 atom stereocenters. The van der Waals surface area contributed by atoms with Gasteiger partial charge in [-0.1, -0.05) is 192 Å². The van der Waals surface area contributed by atoms with Crippen LogP contribution in [0.5, 0.6) is 0 Å². The molecule has 1 heterocycles. The fourth-order valence-corrected chi connectivity index (χ4v) is 8.43. The summed E-state index contributed by atoms with van der Waals surface area (Å²) in [6.07, 6.45) is 39.1. The summed E-state index contributed by atoms with van der Waals surface area (Å²) in [6, 6.07) is 0. The largest absolute Gasteiger partial charge is 0.462 e. The van der Waals surface area contributed by atoms with E-state index < -0.39 is 71.2 Å². The normalized spacial score (nSPS) is 19.9. The van der Waals surface area contributed by atoms with E-state index in [4.69, 9.17) is 18.9 Å². The van der Waals surface area contributed by atoms with Crippen molar-refractivity contribution in [3.63, 3.8) is 0 Å². The van der Waals surface area contributed by atoms with Crippen molar-refractivity contribution in [2.75, 3.05) is 19.0 Å². The zero-order chi connectivity index (χ0) is 46.9. The lowest BCUT2D eigenvalue weighted by molar-refractivity contribution is -0.297. The van der Waals surface area contributed by atoms with E-state index in [0.29, 0.717) is 12.8 Å². The Morgan fingerprint density at radius 3 is 1.42 bits per heavy atom. The molecule has 1 aliphatic rings. The van der Waals surface area contributed by atoms with Crippen LogP contribution in [0.4, 0.5) is 0 Å². The van der Waals surface area contributed by atoms with Gasteiger partial charge < -0.3 is 34.3 Å². The molecule has 64 heavy (non-hydrogen) atoms. The van der Waals surface area contributed by atoms with Crippen LogP contribution in [0, 0.1) is 0 Å². The Morgan fingerprint density at radius 1 is 0.531 bits per heavy atom. The van der Waals surface area contributed by atoms with E-state index in [0.717, 1.165) is 51.4 Å². The maximum Gasteiger partial charge on any atom is 0.306 e. The SMILES string of the molecule is CCCCC/C=C/C/C=C/C/C=C/CCCCC(=O)OC[C@H](CO[C@H]1O[C@H](CS(=O)(=O)O)[C@@H](O)C(O)C1O)OC(=O)CCCCCCCCCCCCCCCCCCCCCCC. The molecule has 0 aliphatic carbocycles. The summed E-state index contributed by atoms with van der Waals surface area (Å²) in [7, 11) is -4.61. The van der Waals surface area contributed by atoms with Gasteiger partial charge in [0.05, 0.1) is 6.61 Å². The molecule has 12 nitrogen and oxygen atoms in total. The quantitative estimate of drug-likeness (QED) is 0.0196. The highest BCUT2D eigenvalue weighted by molar-refractivity contribution is 7.85. The standard InChI is InChI=1S/C51H92O12S/c1-3-5-7-9-11-13-15-17-19-20-21-22-23-24-26-28-30-32-34-36-38-40-47(53)62-44(42-61-51-50(56)49(55)48(54)45(63-51)43-64(57,58)59)41-60-46(52)39-37-35-33-31-29-27-25-18-16-14-12-10-8-6-4-2/h12,14,18,25,29,31,44-45,48-51,54-56H,3-11,13,15-17,19-24,26-28,30,32-43H2,1-2H3,(H,57,58,59)/b14-12+,25-18+,31-29+/t44-,45-,48-,49?,50?,51+/m1/s1. The number of rotatable bonds is 43. The Hall–Kier alpha value is -2.13. The molecule has 0 aromatic heterocycles. The predicted molar refractivity (Wildman–Crippen MR) is 256 cm³/mol. The van der Waals surface area contributed by atoms with Crippen molar-refractivity contribution in [2.45, 2.75) is 256 Å². The summed E-state index contributed by atoms with van der Waals surface area (Å²) >= 11 is 0. The number of unbranched alkanes of at least 4 members (excludes halogenated alkanes) is 25. The number of ether oxygens (including phenoxy) is 4. The zero-order valence-electron chi connectivity index (χ0n) is 40.1. The van der Waals surface area contributed by atoms with Crippen LogP contribution < -0.4 is 0 Å². The van der Waals surface area contributed by atoms with Gasteiger partial charge in [-0.3, -0.25) is 14.1 Å². The van der Waals surface area contributed by atoms with Crippen LogP contribution in [-0.2, 0) is 38.7 Å². The van der Waals surface area contributed by atoms with Crippen LogP contribution in [0.3, 0.4) is 0 Å². The molecule has 13 heteroatoms. The van der Waals surface area contributed by atoms with Crippen molar-refractivity contribution in [1.29, 1.82) is 0 Å². The van der Waals surface area contributed by atoms with E-state index in [1.54, 1.807) is 0 Å². The summed E-state index contributed by atoms with van der Waals surface area (Å²) in [4.78, 5) is 25.5. The second-order valence-electron chi connectivity index (χ2n) is 17.8. The molecule has 1 saturated heterocycles. The number of hydrogen-bond donors (Lipinski definition) is 4. The maximum atomic E-state index is 12.9. The molecular weight excluding hydrogens is 837 g/mol. The third-order valence-electron chi connectivity index (χ3n) is 11.7. The predicted octanol–water partition coefficient (Wildman–Crippen LogP) is 11.3. The average Bonchev–Trinajstić information content (AvgIpc) is 3.26. The highest BCUT2D eigenvalue weighted by Gasteiger charge is 2.46. The molecule has 0 spiro atoms. The molecule has 1 aliphatic heterocycles. The molecule has 0 radical (unpaired) electrons. The zero-order valence-corrected chi connectivity index (χ0v) is 41.0. The van der Waals surface area contributed by atoms with E-state index in [2.05, 4.69) is 50.3 Å². The Balaban J connectivity index is 2.38. The lowest BCUT2D eigenvalue weighted by Gasteiger charge is -2.40. The van der Waals surface area contributed by atoms with Crippen molar-refractivity contribution in [3.8, 4) is 0 Å². The van der Waals surface area contributed by atoms with E-state index in [1.807, 2.05) is 0 Å². The van der Waals surface area contributed by atoms with Crippen LogP contribution in [0.25, 0.3) is 0 Å². The summed E-state index contributed by atoms with van der Waals surface area (Å²) in [6.45, 7) is 3.73. The van der Waals surface area contributed by atoms with Gasteiger partial charge in [0.1, 0.15) is 36.8 Å². The highest BCUT2D eigenvalue weighted by Crippen LogP contribution is 2.24. The Labute approximate surface area is 389 Å². The van der Waals surface area contributed by atoms with Crippen LogP contribution in [-0.4, -0.2) is 96.0 Å². The monoisotopic (exact) mass is 929 g/mol. The second kappa shape index (κ2) is 41.1. The maximum absolute atomic E-state index is 12.9. The number of esters is 2. The van der Waals surface area contributed by atoms with E-state index in [-0.39, 0.29) is 19.4 Å². The van der Waals surface area contributed by atoms with Gasteiger partial charge in [-0.25, -0.2) is 0 Å². The third-order valence-corrected chi connectivity index (χ3v) is 12.5. The van der Waals surface area contributed by atoms with Crippen molar-refractivity contribution in [2.24, 2.45) is 0 Å². The Kier molecular flexibility index (Phi) is 38.4. The number of carbonyl (C=O) groups is 2. The van der Waals surface area contributed by atoms with E-state index in [1.165, 1.54) is 128 Å². The van der Waals surface area contributed by atoms with Gasteiger partial charge in [0.15, 0.2) is 12.4 Å². The van der Waals surface area contributed by atoms with Gasteiger partial charge >= 0.3 is 11.9 Å². The summed E-state index contributed by atoms with van der Waals surface area (Å²) in [5, 5.41) is 31.0. The third kappa shape index (κ3) is 35.1. The first kappa shape index (κ1) is 59.9. The van der Waals surface area contributed by atoms with Crippen molar-refractivity contribution < 1.29 is 56.8 Å². The van der Waals surface area contributed by atoms with Crippen molar-refractivity contribution in [1.82, 2.24) is 0 Å². The number of carbonyl (C=O) groups excluding carboxylic acids is 2. The van der Waals surface area contributed by atoms with Crippen LogP contribution in [0.15, 0.2) is 36.5 Å². The summed E-state index contributed by atoms with van der Waals surface area (Å²) < 4.78 is 54.2. The topological polar surface area (TPSA) is 186 Å². The molecule has 0 bridgehead atoms. The van der Waals surface area contributed by atoms with Gasteiger partial charge in [0, 0.05) is 12.8 Å². The first-order chi connectivity index (χ1) is 31.0. The second-order valence-corrected chi connectivity index (χ2v) is 19.3. The van der Waals surface area contributed by atoms with E-state index >= 15 is 0 Å². The van der Waals surface area contributed by atoms with Crippen LogP contribution in [0.1, 0.15) is 219 Å². The fourth-order valence-electron chi connectivity index (χ4n) is 7.74. The Bertz CT molecular complexity index is 1320. The van der Waals surface area contributed by atoms with Crippen molar-refractivity contribution >= 4 is 22.1 Å². The molecule has 374 valence electrons. The molecular formula is C51H92O12S. The minimum absolute atomic E-state index is 0.160. The minimum atomic E-state index is -4.61.